The van der Waals surface area contributed by atoms with Crippen molar-refractivity contribution in [2.24, 2.45) is 0 Å². The summed E-state index contributed by atoms with van der Waals surface area (Å²) >= 11 is 0. The van der Waals surface area contributed by atoms with E-state index in [1.165, 1.54) is 12.1 Å². The minimum Gasteiger partial charge on any atom is -0.386 e. The highest BCUT2D eigenvalue weighted by atomic mass is 32.2. The Kier molecular flexibility index (Phi) is 4.41. The maximum Gasteiger partial charge on any atom is 0.207 e. The number of rotatable bonds is 4. The molecule has 0 aliphatic heterocycles. The molecule has 124 valence electrons. The van der Waals surface area contributed by atoms with Crippen LogP contribution in [0.2, 0.25) is 0 Å². The first-order valence-corrected chi connectivity index (χ1v) is 8.83. The van der Waals surface area contributed by atoms with Gasteiger partial charge >= 0.3 is 0 Å². The molecule has 0 aromatic heterocycles. The summed E-state index contributed by atoms with van der Waals surface area (Å²) in [6.45, 7) is 6.18. The third-order valence-corrected chi connectivity index (χ3v) is 5.54. The van der Waals surface area contributed by atoms with Crippen molar-refractivity contribution in [2.45, 2.75) is 48.7 Å². The van der Waals surface area contributed by atoms with Crippen LogP contribution in [-0.2, 0) is 21.0 Å². The van der Waals surface area contributed by atoms with Gasteiger partial charge in [0.1, 0.15) is 0 Å². The van der Waals surface area contributed by atoms with Crippen molar-refractivity contribution < 1.29 is 18.6 Å². The lowest BCUT2D eigenvalue weighted by Crippen LogP contribution is -2.23. The van der Waals surface area contributed by atoms with Gasteiger partial charge in [-0.2, -0.15) is 0 Å². The summed E-state index contributed by atoms with van der Waals surface area (Å²) in [5, 5.41) is 20.6. The number of sulfone groups is 1. The highest BCUT2D eigenvalue weighted by molar-refractivity contribution is 7.91. The van der Waals surface area contributed by atoms with Gasteiger partial charge in [0.15, 0.2) is 0 Å². The largest absolute Gasteiger partial charge is 0.386 e. The summed E-state index contributed by atoms with van der Waals surface area (Å²) < 4.78 is 26.3. The van der Waals surface area contributed by atoms with E-state index in [-0.39, 0.29) is 9.79 Å². The number of hydrogen-bond donors (Lipinski definition) is 2. The van der Waals surface area contributed by atoms with Crippen LogP contribution in [-0.4, -0.2) is 18.6 Å². The van der Waals surface area contributed by atoms with Gasteiger partial charge in [-0.25, -0.2) is 8.42 Å². The Morgan fingerprint density at radius 2 is 1.00 bits per heavy atom. The Bertz CT molecular complexity index is 746. The van der Waals surface area contributed by atoms with Gasteiger partial charge in [-0.05, 0) is 39.8 Å². The van der Waals surface area contributed by atoms with E-state index in [4.69, 9.17) is 0 Å². The third-order valence-electron chi connectivity index (χ3n) is 3.67. The molecule has 2 aromatic rings. The predicted molar refractivity (Wildman–Crippen MR) is 88.8 cm³/mol. The smallest absolute Gasteiger partial charge is 0.207 e. The highest BCUT2D eigenvalue weighted by Crippen LogP contribution is 2.35. The first-order chi connectivity index (χ1) is 10.5. The van der Waals surface area contributed by atoms with Crippen molar-refractivity contribution in [3.05, 3.63) is 59.7 Å². The molecule has 4 nitrogen and oxygen atoms in total. The fraction of sp³-hybridized carbons (Fsp3) is 0.333. The van der Waals surface area contributed by atoms with Crippen LogP contribution < -0.4 is 0 Å². The minimum absolute atomic E-state index is 0.0456. The molecule has 0 atom stereocenters. The summed E-state index contributed by atoms with van der Waals surface area (Å²) in [5.41, 5.74) is -1.95. The molecule has 0 radical (unpaired) electrons. The van der Waals surface area contributed by atoms with E-state index < -0.39 is 21.0 Å². The van der Waals surface area contributed by atoms with E-state index in [0.29, 0.717) is 11.1 Å². The van der Waals surface area contributed by atoms with Gasteiger partial charge in [-0.15, -0.1) is 0 Å². The van der Waals surface area contributed by atoms with Crippen LogP contribution in [0.4, 0.5) is 0 Å². The molecule has 0 fully saturated rings. The monoisotopic (exact) mass is 334 g/mol. The zero-order chi connectivity index (χ0) is 17.5. The van der Waals surface area contributed by atoms with Crippen molar-refractivity contribution in [2.75, 3.05) is 0 Å². The van der Waals surface area contributed by atoms with Crippen LogP contribution in [0.25, 0.3) is 0 Å². The summed E-state index contributed by atoms with van der Waals surface area (Å²) in [4.78, 5) is 0.0911. The van der Waals surface area contributed by atoms with E-state index in [1.807, 2.05) is 0 Å². The molecular formula is C18H22O4S. The molecule has 0 saturated heterocycles. The second-order valence-corrected chi connectivity index (χ2v) is 8.50. The zero-order valence-corrected chi connectivity index (χ0v) is 14.6. The minimum atomic E-state index is -3.89. The molecule has 0 unspecified atom stereocenters. The van der Waals surface area contributed by atoms with E-state index in [0.717, 1.165) is 0 Å². The van der Waals surface area contributed by atoms with Gasteiger partial charge in [0, 0.05) is 11.1 Å². The van der Waals surface area contributed by atoms with Gasteiger partial charge < -0.3 is 10.2 Å². The quantitative estimate of drug-likeness (QED) is 0.901. The second kappa shape index (κ2) is 5.74. The van der Waals surface area contributed by atoms with Crippen molar-refractivity contribution in [3.8, 4) is 0 Å². The van der Waals surface area contributed by atoms with Gasteiger partial charge in [0.25, 0.3) is 0 Å². The molecule has 2 rings (SSSR count). The van der Waals surface area contributed by atoms with Gasteiger partial charge in [-0.3, -0.25) is 0 Å². The average molecular weight is 334 g/mol. The fourth-order valence-electron chi connectivity index (χ4n) is 2.53. The summed E-state index contributed by atoms with van der Waals surface area (Å²) in [7, 11) is -3.89. The highest BCUT2D eigenvalue weighted by Gasteiger charge is 2.32. The van der Waals surface area contributed by atoms with Crippen LogP contribution in [0.15, 0.2) is 58.3 Å². The molecule has 0 heterocycles. The fourth-order valence-corrected chi connectivity index (χ4v) is 4.50. The second-order valence-electron chi connectivity index (χ2n) is 6.61. The molecule has 0 aliphatic rings. The van der Waals surface area contributed by atoms with Crippen molar-refractivity contribution >= 4 is 9.84 Å². The first kappa shape index (κ1) is 17.7. The molecule has 5 heteroatoms. The number of hydrogen-bond acceptors (Lipinski definition) is 4. The summed E-state index contributed by atoms with van der Waals surface area (Å²) in [6, 6.07) is 12.8. The molecular weight excluding hydrogens is 312 g/mol. The van der Waals surface area contributed by atoms with Crippen molar-refractivity contribution in [1.82, 2.24) is 0 Å². The Morgan fingerprint density at radius 1 is 0.696 bits per heavy atom. The molecule has 0 saturated carbocycles. The first-order valence-electron chi connectivity index (χ1n) is 7.34. The molecule has 2 aromatic carbocycles. The SMILES string of the molecule is CC(C)(O)c1ccccc1S(=O)(=O)c1ccccc1C(C)(C)O. The zero-order valence-electron chi connectivity index (χ0n) is 13.7. The molecule has 0 spiro atoms. The predicted octanol–water partition coefficient (Wildman–Crippen LogP) is 2.97. The van der Waals surface area contributed by atoms with E-state index in [9.17, 15) is 18.6 Å². The van der Waals surface area contributed by atoms with E-state index >= 15 is 0 Å². The lowest BCUT2D eigenvalue weighted by molar-refractivity contribution is 0.0752. The molecule has 2 N–H and O–H groups in total. The van der Waals surface area contributed by atoms with Crippen LogP contribution >= 0.6 is 0 Å². The van der Waals surface area contributed by atoms with Crippen LogP contribution in [0.5, 0.6) is 0 Å². The lowest BCUT2D eigenvalue weighted by atomic mass is 9.98. The Morgan fingerprint density at radius 3 is 1.30 bits per heavy atom. The van der Waals surface area contributed by atoms with Crippen molar-refractivity contribution in [1.29, 1.82) is 0 Å². The molecule has 23 heavy (non-hydrogen) atoms. The lowest BCUT2D eigenvalue weighted by Gasteiger charge is -2.24. The third kappa shape index (κ3) is 3.47. The average Bonchev–Trinajstić information content (AvgIpc) is 2.45. The van der Waals surface area contributed by atoms with Gasteiger partial charge in [0.2, 0.25) is 9.84 Å². The molecule has 0 aliphatic carbocycles. The van der Waals surface area contributed by atoms with E-state index in [2.05, 4.69) is 0 Å². The maximum atomic E-state index is 13.1. The standard InChI is InChI=1S/C18H22O4S/c1-17(2,19)13-9-5-7-11-15(13)23(21,22)16-12-8-6-10-14(16)18(3,4)20/h5-12,19-20H,1-4H3. The topological polar surface area (TPSA) is 74.6 Å². The maximum absolute atomic E-state index is 13.1. The molecule has 0 amide bonds. The number of aliphatic hydroxyl groups is 2. The van der Waals surface area contributed by atoms with Crippen LogP contribution in [0, 0.1) is 0 Å². The van der Waals surface area contributed by atoms with E-state index in [1.54, 1.807) is 64.1 Å². The summed E-state index contributed by atoms with van der Waals surface area (Å²) in [6.07, 6.45) is 0. The normalized spacial score (nSPS) is 13.1. The Hall–Kier alpha value is -1.69. The Balaban J connectivity index is 2.77. The van der Waals surface area contributed by atoms with Crippen LogP contribution in [0.3, 0.4) is 0 Å². The molecule has 0 bridgehead atoms. The number of benzene rings is 2. The Labute approximate surface area is 137 Å². The van der Waals surface area contributed by atoms with Gasteiger partial charge in [0.05, 0.1) is 21.0 Å². The van der Waals surface area contributed by atoms with Gasteiger partial charge in [-0.1, -0.05) is 36.4 Å². The van der Waals surface area contributed by atoms with Crippen LogP contribution in [0.1, 0.15) is 38.8 Å². The van der Waals surface area contributed by atoms with Crippen molar-refractivity contribution in [3.63, 3.8) is 0 Å². The summed E-state index contributed by atoms with van der Waals surface area (Å²) in [5.74, 6) is 0.